The third kappa shape index (κ3) is 19.2. The van der Waals surface area contributed by atoms with Gasteiger partial charge in [0.1, 0.15) is 0 Å². The van der Waals surface area contributed by atoms with E-state index in [1.54, 1.807) is 0 Å². The molecule has 0 saturated heterocycles. The molecule has 0 N–H and O–H groups in total. The molecule has 1 aromatic heterocycles. The quantitative estimate of drug-likeness (QED) is 0.141. The van der Waals surface area contributed by atoms with Crippen molar-refractivity contribution in [3.05, 3.63) is 29.1 Å². The highest BCUT2D eigenvalue weighted by Crippen LogP contribution is 2.16. The van der Waals surface area contributed by atoms with Crippen molar-refractivity contribution in [2.45, 2.75) is 175 Å². The average Bonchev–Trinajstić information content (AvgIpc) is 2.80. The Morgan fingerprint density at radius 1 is 0.424 bits per heavy atom. The van der Waals surface area contributed by atoms with Crippen LogP contribution in [0.3, 0.4) is 0 Å². The number of pyridine rings is 1. The Balaban J connectivity index is 2.02. The average molecular weight is 458 g/mol. The van der Waals surface area contributed by atoms with Crippen LogP contribution in [0.1, 0.15) is 172 Å². The maximum atomic E-state index is 5.00. The summed E-state index contributed by atoms with van der Waals surface area (Å²) in [6, 6.07) is 4.64. The first-order valence-electron chi connectivity index (χ1n) is 15.2. The molecule has 192 valence electrons. The summed E-state index contributed by atoms with van der Waals surface area (Å²) < 4.78 is 0. The number of nitrogens with zero attached hydrogens (tertiary/aromatic N) is 1. The van der Waals surface area contributed by atoms with Crippen LogP contribution in [0.15, 0.2) is 12.1 Å². The van der Waals surface area contributed by atoms with Gasteiger partial charge in [0.05, 0.1) is 0 Å². The Morgan fingerprint density at radius 3 is 1.00 bits per heavy atom. The van der Waals surface area contributed by atoms with Gasteiger partial charge in [0.2, 0.25) is 0 Å². The molecular weight excluding hydrogens is 398 g/mol. The number of aryl methyl sites for hydroxylation is 3. The first kappa shape index (κ1) is 30.2. The van der Waals surface area contributed by atoms with Crippen LogP contribution in [0.2, 0.25) is 0 Å². The molecule has 1 heterocycles. The lowest BCUT2D eigenvalue weighted by molar-refractivity contribution is 0.547. The lowest BCUT2D eigenvalue weighted by Gasteiger charge is -2.08. The Kier molecular flexibility index (Phi) is 21.0. The molecule has 0 spiro atoms. The molecule has 0 aliphatic heterocycles. The monoisotopic (exact) mass is 457 g/mol. The summed E-state index contributed by atoms with van der Waals surface area (Å²) in [5, 5.41) is 0. The van der Waals surface area contributed by atoms with Crippen LogP contribution in [-0.2, 0) is 12.8 Å². The van der Waals surface area contributed by atoms with E-state index in [1.165, 1.54) is 171 Å². The molecule has 1 aromatic rings. The number of aromatic nitrogens is 1. The SMILES string of the molecule is CCCCCCCCCCCCCc1cc(C)cc(CCCCCCCCCCCCC)n1. The van der Waals surface area contributed by atoms with Crippen molar-refractivity contribution in [2.75, 3.05) is 0 Å². The zero-order chi connectivity index (χ0) is 23.8. The van der Waals surface area contributed by atoms with Gasteiger partial charge in [-0.15, -0.1) is 0 Å². The number of unbranched alkanes of at least 4 members (excludes halogenated alkanes) is 20. The third-order valence-electron chi connectivity index (χ3n) is 7.15. The Hall–Kier alpha value is -0.850. The lowest BCUT2D eigenvalue weighted by Crippen LogP contribution is -1.98. The van der Waals surface area contributed by atoms with Gasteiger partial charge in [0.25, 0.3) is 0 Å². The summed E-state index contributed by atoms with van der Waals surface area (Å²) in [6.07, 6.45) is 33.4. The summed E-state index contributed by atoms with van der Waals surface area (Å²) in [4.78, 5) is 5.00. The van der Waals surface area contributed by atoms with E-state index in [-0.39, 0.29) is 0 Å². The highest BCUT2D eigenvalue weighted by atomic mass is 14.7. The molecule has 1 heteroatoms. The van der Waals surface area contributed by atoms with Crippen molar-refractivity contribution in [1.82, 2.24) is 4.98 Å². The molecule has 0 aliphatic rings. The molecule has 0 unspecified atom stereocenters. The smallest absolute Gasteiger partial charge is 0.0409 e. The highest BCUT2D eigenvalue weighted by molar-refractivity contribution is 5.20. The molecule has 0 saturated carbocycles. The van der Waals surface area contributed by atoms with E-state index >= 15 is 0 Å². The van der Waals surface area contributed by atoms with Crippen LogP contribution in [0, 0.1) is 6.92 Å². The number of rotatable bonds is 24. The minimum Gasteiger partial charge on any atom is -0.258 e. The minimum atomic E-state index is 1.17. The molecular formula is C32H59N. The summed E-state index contributed by atoms with van der Waals surface area (Å²) in [6.45, 7) is 6.84. The molecule has 1 nitrogen and oxygen atoms in total. The molecule has 0 bridgehead atoms. The summed E-state index contributed by atoms with van der Waals surface area (Å²) >= 11 is 0. The lowest BCUT2D eigenvalue weighted by atomic mass is 10.0. The van der Waals surface area contributed by atoms with Gasteiger partial charge in [0, 0.05) is 11.4 Å². The maximum Gasteiger partial charge on any atom is 0.0409 e. The second-order valence-electron chi connectivity index (χ2n) is 10.7. The highest BCUT2D eigenvalue weighted by Gasteiger charge is 2.02. The zero-order valence-corrected chi connectivity index (χ0v) is 23.1. The van der Waals surface area contributed by atoms with Crippen molar-refractivity contribution in [3.8, 4) is 0 Å². The van der Waals surface area contributed by atoms with Crippen LogP contribution in [0.5, 0.6) is 0 Å². The molecule has 0 fully saturated rings. The molecule has 0 aliphatic carbocycles. The van der Waals surface area contributed by atoms with Crippen molar-refractivity contribution >= 4 is 0 Å². The molecule has 0 radical (unpaired) electrons. The summed E-state index contributed by atoms with van der Waals surface area (Å²) in [5.74, 6) is 0. The fourth-order valence-corrected chi connectivity index (χ4v) is 5.01. The van der Waals surface area contributed by atoms with E-state index in [4.69, 9.17) is 4.98 Å². The van der Waals surface area contributed by atoms with Crippen molar-refractivity contribution in [2.24, 2.45) is 0 Å². The summed E-state index contributed by atoms with van der Waals surface area (Å²) in [7, 11) is 0. The van der Waals surface area contributed by atoms with Crippen LogP contribution in [-0.4, -0.2) is 4.98 Å². The maximum absolute atomic E-state index is 5.00. The third-order valence-corrected chi connectivity index (χ3v) is 7.15. The number of hydrogen-bond acceptors (Lipinski definition) is 1. The molecule has 0 amide bonds. The zero-order valence-electron chi connectivity index (χ0n) is 23.1. The van der Waals surface area contributed by atoms with Gasteiger partial charge >= 0.3 is 0 Å². The van der Waals surface area contributed by atoms with Gasteiger partial charge in [-0.05, 0) is 50.3 Å². The topological polar surface area (TPSA) is 12.9 Å². The van der Waals surface area contributed by atoms with Crippen molar-refractivity contribution < 1.29 is 0 Å². The fraction of sp³-hybridized carbons (Fsp3) is 0.844. The van der Waals surface area contributed by atoms with E-state index in [1.807, 2.05) is 0 Å². The van der Waals surface area contributed by atoms with E-state index in [0.29, 0.717) is 0 Å². The van der Waals surface area contributed by atoms with E-state index < -0.39 is 0 Å². The van der Waals surface area contributed by atoms with E-state index in [0.717, 1.165) is 0 Å². The van der Waals surface area contributed by atoms with Gasteiger partial charge in [-0.2, -0.15) is 0 Å². The molecule has 1 rings (SSSR count). The van der Waals surface area contributed by atoms with Gasteiger partial charge in [-0.25, -0.2) is 0 Å². The van der Waals surface area contributed by atoms with Crippen molar-refractivity contribution in [1.29, 1.82) is 0 Å². The predicted octanol–water partition coefficient (Wildman–Crippen LogP) is 11.1. The van der Waals surface area contributed by atoms with Crippen LogP contribution in [0.4, 0.5) is 0 Å². The van der Waals surface area contributed by atoms with Gasteiger partial charge in [0.15, 0.2) is 0 Å². The Bertz CT molecular complexity index is 491. The molecule has 0 atom stereocenters. The van der Waals surface area contributed by atoms with E-state index in [2.05, 4.69) is 32.9 Å². The largest absolute Gasteiger partial charge is 0.258 e. The normalized spacial score (nSPS) is 11.4. The Morgan fingerprint density at radius 2 is 0.697 bits per heavy atom. The minimum absolute atomic E-state index is 1.17. The van der Waals surface area contributed by atoms with Crippen LogP contribution >= 0.6 is 0 Å². The standard InChI is InChI=1S/C32H59N/c1-4-6-8-10-12-14-16-18-20-22-24-26-31-28-30(3)29-32(33-31)27-25-23-21-19-17-15-13-11-9-7-5-2/h28-29H,4-27H2,1-3H3. The van der Waals surface area contributed by atoms with E-state index in [9.17, 15) is 0 Å². The first-order chi connectivity index (χ1) is 16.3. The van der Waals surface area contributed by atoms with Gasteiger partial charge < -0.3 is 0 Å². The summed E-state index contributed by atoms with van der Waals surface area (Å²) in [5.41, 5.74) is 4.08. The molecule has 0 aromatic carbocycles. The van der Waals surface area contributed by atoms with Gasteiger partial charge in [-0.1, -0.05) is 142 Å². The predicted molar refractivity (Wildman–Crippen MR) is 149 cm³/mol. The second-order valence-corrected chi connectivity index (χ2v) is 10.7. The van der Waals surface area contributed by atoms with Crippen molar-refractivity contribution in [3.63, 3.8) is 0 Å². The van der Waals surface area contributed by atoms with Crippen LogP contribution < -0.4 is 0 Å². The van der Waals surface area contributed by atoms with Gasteiger partial charge in [-0.3, -0.25) is 4.98 Å². The first-order valence-corrected chi connectivity index (χ1v) is 15.2. The van der Waals surface area contributed by atoms with Crippen LogP contribution in [0.25, 0.3) is 0 Å². The number of hydrogen-bond donors (Lipinski definition) is 0. The Labute approximate surface area is 209 Å². The fourth-order valence-electron chi connectivity index (χ4n) is 5.01. The molecule has 33 heavy (non-hydrogen) atoms. The second kappa shape index (κ2) is 22.9.